The molecule has 1 aliphatic carbocycles. The number of hydrogen-bond donors (Lipinski definition) is 0. The summed E-state index contributed by atoms with van der Waals surface area (Å²) in [6, 6.07) is 14.4. The molecule has 2 aromatic carbocycles. The summed E-state index contributed by atoms with van der Waals surface area (Å²) in [5.74, 6) is 0.394. The Morgan fingerprint density at radius 1 is 1.03 bits per heavy atom. The van der Waals surface area contributed by atoms with E-state index in [-0.39, 0.29) is 11.4 Å². The van der Waals surface area contributed by atoms with Crippen molar-refractivity contribution in [2.24, 2.45) is 0 Å². The van der Waals surface area contributed by atoms with Gasteiger partial charge in [-0.3, -0.25) is 9.36 Å². The molecule has 5 heteroatoms. The summed E-state index contributed by atoms with van der Waals surface area (Å²) >= 11 is 1.67. The Hall–Kier alpha value is -2.79. The smallest absolute Gasteiger partial charge is 0.263 e. The average Bonchev–Trinajstić information content (AvgIpc) is 3.11. The molecule has 5 rings (SSSR count). The van der Waals surface area contributed by atoms with Gasteiger partial charge in [0.05, 0.1) is 11.9 Å². The predicted molar refractivity (Wildman–Crippen MR) is 116 cm³/mol. The van der Waals surface area contributed by atoms with E-state index in [0.717, 1.165) is 46.2 Å². The molecule has 0 atom stereocenters. The first-order chi connectivity index (χ1) is 14.1. The number of nitrogens with zero attached hydrogens (tertiary/aromatic N) is 2. The number of rotatable bonds is 3. The van der Waals surface area contributed by atoms with Crippen LogP contribution in [0.4, 0.5) is 4.39 Å². The van der Waals surface area contributed by atoms with Crippen LogP contribution in [0.2, 0.25) is 0 Å². The molecule has 0 saturated heterocycles. The van der Waals surface area contributed by atoms with Crippen LogP contribution in [-0.2, 0) is 19.4 Å². The summed E-state index contributed by atoms with van der Waals surface area (Å²) in [6.45, 7) is 2.41. The Bertz CT molecular complexity index is 1250. The van der Waals surface area contributed by atoms with E-state index >= 15 is 0 Å². The number of aryl methyl sites for hydroxylation is 3. The van der Waals surface area contributed by atoms with Crippen molar-refractivity contribution in [1.29, 1.82) is 0 Å². The first-order valence-electron chi connectivity index (χ1n) is 9.97. The number of halogens is 1. The van der Waals surface area contributed by atoms with E-state index in [2.05, 4.69) is 0 Å². The Morgan fingerprint density at radius 3 is 2.52 bits per heavy atom. The summed E-state index contributed by atoms with van der Waals surface area (Å²) in [6.07, 6.45) is 4.28. The van der Waals surface area contributed by atoms with Gasteiger partial charge in [-0.1, -0.05) is 42.0 Å². The lowest BCUT2D eigenvalue weighted by molar-refractivity contribution is 0.626. The van der Waals surface area contributed by atoms with Crippen LogP contribution in [0.25, 0.3) is 21.6 Å². The highest BCUT2D eigenvalue weighted by Gasteiger charge is 2.22. The molecule has 29 heavy (non-hydrogen) atoms. The van der Waals surface area contributed by atoms with E-state index in [1.807, 2.05) is 31.2 Å². The van der Waals surface area contributed by atoms with Gasteiger partial charge in [-0.05, 0) is 55.9 Å². The third-order valence-electron chi connectivity index (χ3n) is 5.64. The molecule has 0 amide bonds. The average molecular weight is 405 g/mol. The lowest BCUT2D eigenvalue weighted by Crippen LogP contribution is -2.24. The van der Waals surface area contributed by atoms with Crippen LogP contribution in [0, 0.1) is 12.7 Å². The molecular formula is C24H21FN2OS. The highest BCUT2D eigenvalue weighted by molar-refractivity contribution is 7.18. The third kappa shape index (κ3) is 3.29. The molecule has 0 radical (unpaired) electrons. The van der Waals surface area contributed by atoms with Crippen molar-refractivity contribution in [1.82, 2.24) is 9.55 Å². The first-order valence-corrected chi connectivity index (χ1v) is 10.8. The fourth-order valence-corrected chi connectivity index (χ4v) is 5.33. The van der Waals surface area contributed by atoms with Crippen LogP contribution in [0.1, 0.15) is 34.4 Å². The van der Waals surface area contributed by atoms with Crippen LogP contribution in [-0.4, -0.2) is 9.55 Å². The second-order valence-electron chi connectivity index (χ2n) is 7.71. The number of fused-ring (bicyclic) bond motifs is 3. The molecule has 2 heterocycles. The summed E-state index contributed by atoms with van der Waals surface area (Å²) in [7, 11) is 0. The van der Waals surface area contributed by atoms with Crippen LogP contribution in [0.5, 0.6) is 0 Å². The van der Waals surface area contributed by atoms with Gasteiger partial charge in [0.1, 0.15) is 16.5 Å². The summed E-state index contributed by atoms with van der Waals surface area (Å²) < 4.78 is 15.1. The maximum absolute atomic E-state index is 13.6. The molecule has 1 aliphatic rings. The zero-order chi connectivity index (χ0) is 20.0. The van der Waals surface area contributed by atoms with Crippen molar-refractivity contribution in [3.63, 3.8) is 0 Å². The molecule has 146 valence electrons. The van der Waals surface area contributed by atoms with Gasteiger partial charge in [0.2, 0.25) is 0 Å². The van der Waals surface area contributed by atoms with Crippen molar-refractivity contribution in [3.05, 3.63) is 86.3 Å². The third-order valence-corrected chi connectivity index (χ3v) is 6.82. The minimum Gasteiger partial charge on any atom is -0.288 e. The van der Waals surface area contributed by atoms with Crippen molar-refractivity contribution in [2.45, 2.75) is 39.2 Å². The Balaban J connectivity index is 1.75. The maximum atomic E-state index is 13.6. The molecule has 4 aromatic rings. The van der Waals surface area contributed by atoms with E-state index in [4.69, 9.17) is 4.98 Å². The van der Waals surface area contributed by atoms with Gasteiger partial charge < -0.3 is 0 Å². The lowest BCUT2D eigenvalue weighted by atomic mass is 9.97. The van der Waals surface area contributed by atoms with Crippen molar-refractivity contribution in [3.8, 4) is 11.4 Å². The normalized spacial score (nSPS) is 13.6. The van der Waals surface area contributed by atoms with E-state index in [9.17, 15) is 9.18 Å². The quantitative estimate of drug-likeness (QED) is 0.452. The molecule has 0 aliphatic heterocycles. The summed E-state index contributed by atoms with van der Waals surface area (Å²) in [4.78, 5) is 20.8. The number of aromatic nitrogens is 2. The lowest BCUT2D eigenvalue weighted by Gasteiger charge is -2.14. The van der Waals surface area contributed by atoms with Crippen LogP contribution in [0.3, 0.4) is 0 Å². The molecule has 2 aromatic heterocycles. The Kier molecular flexibility index (Phi) is 4.55. The van der Waals surface area contributed by atoms with Gasteiger partial charge in [-0.15, -0.1) is 11.3 Å². The fraction of sp³-hybridized carbons (Fsp3) is 0.250. The minimum atomic E-state index is -0.277. The van der Waals surface area contributed by atoms with Gasteiger partial charge in [-0.2, -0.15) is 0 Å². The molecule has 0 spiro atoms. The Morgan fingerprint density at radius 2 is 1.76 bits per heavy atom. The fourth-order valence-electron chi connectivity index (χ4n) is 4.08. The van der Waals surface area contributed by atoms with Crippen molar-refractivity contribution in [2.75, 3.05) is 0 Å². The van der Waals surface area contributed by atoms with Gasteiger partial charge >= 0.3 is 0 Å². The second kappa shape index (κ2) is 7.23. The SMILES string of the molecule is Cc1ccc(-c2nc3sc4c(c3c(=O)n2Cc2ccc(F)cc2)CCCC4)cc1. The van der Waals surface area contributed by atoms with Crippen molar-refractivity contribution < 1.29 is 4.39 Å². The summed E-state index contributed by atoms with van der Waals surface area (Å²) in [5, 5.41) is 0.780. The topological polar surface area (TPSA) is 34.9 Å². The first kappa shape index (κ1) is 18.3. The minimum absolute atomic E-state index is 0.00861. The zero-order valence-electron chi connectivity index (χ0n) is 16.2. The van der Waals surface area contributed by atoms with E-state index in [1.165, 1.54) is 29.0 Å². The van der Waals surface area contributed by atoms with Crippen molar-refractivity contribution >= 4 is 21.6 Å². The van der Waals surface area contributed by atoms with Gasteiger partial charge in [0.15, 0.2) is 0 Å². The van der Waals surface area contributed by atoms with Gasteiger partial charge in [0, 0.05) is 10.4 Å². The van der Waals surface area contributed by atoms with Crippen LogP contribution >= 0.6 is 11.3 Å². The predicted octanol–water partition coefficient (Wildman–Crippen LogP) is 5.50. The molecule has 0 bridgehead atoms. The highest BCUT2D eigenvalue weighted by Crippen LogP contribution is 2.35. The van der Waals surface area contributed by atoms with Crippen LogP contribution < -0.4 is 5.56 Å². The summed E-state index contributed by atoms with van der Waals surface area (Å²) in [5.41, 5.74) is 4.16. The molecule has 0 unspecified atom stereocenters. The molecule has 0 N–H and O–H groups in total. The zero-order valence-corrected chi connectivity index (χ0v) is 17.1. The number of hydrogen-bond acceptors (Lipinski definition) is 3. The van der Waals surface area contributed by atoms with Gasteiger partial charge in [-0.25, -0.2) is 9.37 Å². The van der Waals surface area contributed by atoms with E-state index in [0.29, 0.717) is 12.4 Å². The second-order valence-corrected chi connectivity index (χ2v) is 8.79. The molecule has 3 nitrogen and oxygen atoms in total. The van der Waals surface area contributed by atoms with E-state index < -0.39 is 0 Å². The van der Waals surface area contributed by atoms with Gasteiger partial charge in [0.25, 0.3) is 5.56 Å². The number of benzene rings is 2. The monoisotopic (exact) mass is 404 g/mol. The molecule has 0 saturated carbocycles. The van der Waals surface area contributed by atoms with E-state index in [1.54, 1.807) is 28.0 Å². The number of thiophene rings is 1. The largest absolute Gasteiger partial charge is 0.288 e. The standard InChI is InChI=1S/C24H21FN2OS/c1-15-6-10-17(11-7-15)22-26-23-21(19-4-2-3-5-20(19)29-23)24(28)27(22)14-16-8-12-18(25)13-9-16/h6-13H,2-5,14H2,1H3. The Labute approximate surface area is 172 Å². The highest BCUT2D eigenvalue weighted by atomic mass is 32.1. The van der Waals surface area contributed by atoms with Crippen LogP contribution in [0.15, 0.2) is 53.3 Å². The molecule has 0 fully saturated rings. The molecular weight excluding hydrogens is 383 g/mol. The maximum Gasteiger partial charge on any atom is 0.263 e.